The second-order valence-corrected chi connectivity index (χ2v) is 6.61. The van der Waals surface area contributed by atoms with Gasteiger partial charge in [0, 0.05) is 22.3 Å². The maximum Gasteiger partial charge on any atom is 0.194 e. The van der Waals surface area contributed by atoms with Crippen molar-refractivity contribution in [2.75, 3.05) is 0 Å². The predicted octanol–water partition coefficient (Wildman–Crippen LogP) is 4.50. The molecule has 0 saturated carbocycles. The molecule has 3 heteroatoms. The van der Waals surface area contributed by atoms with Crippen molar-refractivity contribution in [2.24, 2.45) is 0 Å². The van der Waals surface area contributed by atoms with Gasteiger partial charge in [0.05, 0.1) is 5.69 Å². The van der Waals surface area contributed by atoms with Gasteiger partial charge in [-0.15, -0.1) is 11.3 Å². The molecule has 0 spiro atoms. The lowest BCUT2D eigenvalue weighted by Gasteiger charge is -2.00. The van der Waals surface area contributed by atoms with Crippen molar-refractivity contribution in [3.05, 3.63) is 46.6 Å². The van der Waals surface area contributed by atoms with E-state index in [1.54, 1.807) is 0 Å². The highest BCUT2D eigenvalue weighted by Gasteiger charge is 2.19. The molecular formula is C17H18N2S. The van der Waals surface area contributed by atoms with E-state index in [9.17, 15) is 0 Å². The number of rotatable bonds is 3. The molecule has 2 aromatic heterocycles. The van der Waals surface area contributed by atoms with Crippen LogP contribution in [0.3, 0.4) is 0 Å². The van der Waals surface area contributed by atoms with Crippen molar-refractivity contribution in [3.63, 3.8) is 0 Å². The molecule has 4 rings (SSSR count). The van der Waals surface area contributed by atoms with Crippen LogP contribution in [0.25, 0.3) is 16.2 Å². The molecule has 0 bridgehead atoms. The van der Waals surface area contributed by atoms with Crippen LogP contribution in [0, 0.1) is 0 Å². The van der Waals surface area contributed by atoms with E-state index in [4.69, 9.17) is 4.98 Å². The van der Waals surface area contributed by atoms with Gasteiger partial charge in [0.1, 0.15) is 0 Å². The van der Waals surface area contributed by atoms with Crippen molar-refractivity contribution in [3.8, 4) is 11.3 Å². The van der Waals surface area contributed by atoms with Crippen LogP contribution in [0.15, 0.2) is 30.5 Å². The van der Waals surface area contributed by atoms with E-state index in [0.29, 0.717) is 0 Å². The molecule has 20 heavy (non-hydrogen) atoms. The molecule has 0 saturated heterocycles. The van der Waals surface area contributed by atoms with Gasteiger partial charge >= 0.3 is 0 Å². The van der Waals surface area contributed by atoms with Gasteiger partial charge < -0.3 is 0 Å². The van der Waals surface area contributed by atoms with Crippen molar-refractivity contribution in [1.29, 1.82) is 0 Å². The molecule has 0 aliphatic heterocycles. The van der Waals surface area contributed by atoms with Crippen molar-refractivity contribution in [1.82, 2.24) is 9.38 Å². The van der Waals surface area contributed by atoms with Gasteiger partial charge in [0.25, 0.3) is 0 Å². The van der Waals surface area contributed by atoms with Crippen LogP contribution in [-0.4, -0.2) is 9.38 Å². The Labute approximate surface area is 123 Å². The van der Waals surface area contributed by atoms with Gasteiger partial charge in [-0.05, 0) is 31.2 Å². The summed E-state index contributed by atoms with van der Waals surface area (Å²) in [4.78, 5) is 7.50. The summed E-state index contributed by atoms with van der Waals surface area (Å²) in [5, 5.41) is 0. The number of nitrogens with zero attached hydrogens (tertiary/aromatic N) is 2. The molecule has 0 amide bonds. The lowest BCUT2D eigenvalue weighted by molar-refractivity contribution is 0.888. The zero-order valence-corrected chi connectivity index (χ0v) is 12.5. The fraction of sp³-hybridized carbons (Fsp3) is 0.353. The summed E-state index contributed by atoms with van der Waals surface area (Å²) < 4.78 is 2.31. The Morgan fingerprint density at radius 1 is 1.20 bits per heavy atom. The Kier molecular flexibility index (Phi) is 2.88. The monoisotopic (exact) mass is 282 g/mol. The maximum absolute atomic E-state index is 4.80. The minimum atomic E-state index is 1.11. The Hall–Kier alpha value is -1.61. The molecule has 0 atom stereocenters. The van der Waals surface area contributed by atoms with Crippen LogP contribution in [0.1, 0.15) is 35.9 Å². The average Bonchev–Trinajstić information content (AvgIpc) is 3.11. The van der Waals surface area contributed by atoms with Gasteiger partial charge in [-0.25, -0.2) is 4.98 Å². The molecular weight excluding hydrogens is 264 g/mol. The Morgan fingerprint density at radius 2 is 2.05 bits per heavy atom. The Balaban J connectivity index is 1.72. The summed E-state index contributed by atoms with van der Waals surface area (Å²) in [5.74, 6) is 0. The summed E-state index contributed by atoms with van der Waals surface area (Å²) in [6, 6.07) is 8.88. The Bertz CT molecular complexity index is 749. The van der Waals surface area contributed by atoms with Crippen LogP contribution in [-0.2, 0) is 19.3 Å². The van der Waals surface area contributed by atoms with Crippen LogP contribution in [0.4, 0.5) is 0 Å². The summed E-state index contributed by atoms with van der Waals surface area (Å²) in [6.07, 6.45) is 8.32. The maximum atomic E-state index is 4.80. The molecule has 0 fully saturated rings. The lowest BCUT2D eigenvalue weighted by atomic mass is 10.1. The summed E-state index contributed by atoms with van der Waals surface area (Å²) in [7, 11) is 0. The molecule has 1 aromatic carbocycles. The highest BCUT2D eigenvalue weighted by Crippen LogP contribution is 2.32. The topological polar surface area (TPSA) is 17.3 Å². The normalized spacial score (nSPS) is 14.1. The summed E-state index contributed by atoms with van der Waals surface area (Å²) in [6.45, 7) is 2.22. The number of hydrogen-bond donors (Lipinski definition) is 0. The van der Waals surface area contributed by atoms with E-state index in [-0.39, 0.29) is 0 Å². The van der Waals surface area contributed by atoms with Gasteiger partial charge in [0.2, 0.25) is 0 Å². The largest absolute Gasteiger partial charge is 0.294 e. The third-order valence-corrected chi connectivity index (χ3v) is 5.26. The second-order valence-electron chi connectivity index (χ2n) is 5.55. The van der Waals surface area contributed by atoms with E-state index in [1.807, 2.05) is 11.3 Å². The molecule has 0 radical (unpaired) electrons. The number of benzene rings is 1. The smallest absolute Gasteiger partial charge is 0.194 e. The number of imidazole rings is 1. The first-order chi connectivity index (χ1) is 9.85. The van der Waals surface area contributed by atoms with E-state index in [0.717, 1.165) is 17.1 Å². The van der Waals surface area contributed by atoms with Crippen LogP contribution in [0.5, 0.6) is 0 Å². The number of hydrogen-bond acceptors (Lipinski definition) is 2. The molecule has 102 valence electrons. The third-order valence-electron chi connectivity index (χ3n) is 4.11. The molecule has 0 unspecified atom stereocenters. The minimum Gasteiger partial charge on any atom is -0.294 e. The molecule has 2 heterocycles. The highest BCUT2D eigenvalue weighted by atomic mass is 32.1. The first-order valence-electron chi connectivity index (χ1n) is 7.44. The van der Waals surface area contributed by atoms with Crippen molar-refractivity contribution in [2.45, 2.75) is 39.0 Å². The van der Waals surface area contributed by atoms with Gasteiger partial charge in [0.15, 0.2) is 4.96 Å². The lowest BCUT2D eigenvalue weighted by Crippen LogP contribution is -1.85. The molecule has 1 aliphatic carbocycles. The predicted molar refractivity (Wildman–Crippen MR) is 84.5 cm³/mol. The molecule has 0 N–H and O–H groups in total. The number of thiazole rings is 1. The van der Waals surface area contributed by atoms with E-state index >= 15 is 0 Å². The van der Waals surface area contributed by atoms with E-state index in [1.165, 1.54) is 47.4 Å². The Morgan fingerprint density at radius 3 is 2.85 bits per heavy atom. The fourth-order valence-corrected chi connectivity index (χ4v) is 4.26. The first-order valence-corrected chi connectivity index (χ1v) is 8.26. The molecule has 2 nitrogen and oxygen atoms in total. The second kappa shape index (κ2) is 4.74. The van der Waals surface area contributed by atoms with E-state index in [2.05, 4.69) is 41.8 Å². The number of aryl methyl sites for hydroxylation is 3. The van der Waals surface area contributed by atoms with Gasteiger partial charge in [-0.3, -0.25) is 4.40 Å². The quantitative estimate of drug-likeness (QED) is 0.691. The zero-order chi connectivity index (χ0) is 13.5. The standard InChI is InChI=1S/C17H18N2S/c1-2-4-12-7-9-13(10-8-12)14-11-19-15-5-3-6-16(15)20-17(19)18-14/h7-11H,2-6H2,1H3. The molecule has 3 aromatic rings. The average molecular weight is 282 g/mol. The van der Waals surface area contributed by atoms with Crippen LogP contribution >= 0.6 is 11.3 Å². The van der Waals surface area contributed by atoms with Crippen LogP contribution < -0.4 is 0 Å². The SMILES string of the molecule is CCCc1ccc(-c2cn3c4c(sc3n2)CCC4)cc1. The zero-order valence-electron chi connectivity index (χ0n) is 11.7. The van der Waals surface area contributed by atoms with Gasteiger partial charge in [-0.2, -0.15) is 0 Å². The van der Waals surface area contributed by atoms with Crippen LogP contribution in [0.2, 0.25) is 0 Å². The molecule has 1 aliphatic rings. The van der Waals surface area contributed by atoms with Crippen molar-refractivity contribution < 1.29 is 0 Å². The third kappa shape index (κ3) is 1.88. The van der Waals surface area contributed by atoms with Crippen molar-refractivity contribution >= 4 is 16.3 Å². The number of aromatic nitrogens is 2. The highest BCUT2D eigenvalue weighted by molar-refractivity contribution is 7.17. The summed E-state index contributed by atoms with van der Waals surface area (Å²) in [5.41, 5.74) is 5.24. The number of fused-ring (bicyclic) bond motifs is 3. The summed E-state index contributed by atoms with van der Waals surface area (Å²) >= 11 is 1.87. The first kappa shape index (κ1) is 12.2. The fourth-order valence-electron chi connectivity index (χ4n) is 3.07. The van der Waals surface area contributed by atoms with Gasteiger partial charge in [-0.1, -0.05) is 37.6 Å². The minimum absolute atomic E-state index is 1.11. The van der Waals surface area contributed by atoms with E-state index < -0.39 is 0 Å².